The molecule has 0 amide bonds. The van der Waals surface area contributed by atoms with Crippen molar-refractivity contribution in [2.45, 2.75) is 31.2 Å². The van der Waals surface area contributed by atoms with Crippen LogP contribution >= 0.6 is 0 Å². The van der Waals surface area contributed by atoms with Crippen LogP contribution in [0.4, 0.5) is 13.2 Å². The van der Waals surface area contributed by atoms with Crippen LogP contribution in [0.2, 0.25) is 0 Å². The average Bonchev–Trinajstić information content (AvgIpc) is 2.15. The number of ether oxygens (including phenoxy) is 1. The van der Waals surface area contributed by atoms with E-state index in [-0.39, 0.29) is 18.0 Å². The van der Waals surface area contributed by atoms with E-state index in [1.807, 2.05) is 0 Å². The van der Waals surface area contributed by atoms with Gasteiger partial charge < -0.3 is 10.5 Å². The second-order valence-corrected chi connectivity index (χ2v) is 3.85. The van der Waals surface area contributed by atoms with Gasteiger partial charge in [-0.1, -0.05) is 0 Å². The fourth-order valence-electron chi connectivity index (χ4n) is 1.49. The minimum atomic E-state index is -4.36. The third kappa shape index (κ3) is 2.44. The highest BCUT2D eigenvalue weighted by Crippen LogP contribution is 2.30. The van der Waals surface area contributed by atoms with Crippen molar-refractivity contribution in [1.82, 2.24) is 4.98 Å². The smallest absolute Gasteiger partial charge is 0.417 e. The molecule has 0 bridgehead atoms. The topological polar surface area (TPSA) is 48.1 Å². The third-order valence-electron chi connectivity index (χ3n) is 2.48. The van der Waals surface area contributed by atoms with Crippen LogP contribution in [0.5, 0.6) is 5.88 Å². The highest BCUT2D eigenvalue weighted by molar-refractivity contribution is 5.20. The summed E-state index contributed by atoms with van der Waals surface area (Å²) in [4.78, 5) is 3.61. The largest absolute Gasteiger partial charge is 0.474 e. The third-order valence-corrected chi connectivity index (χ3v) is 2.48. The van der Waals surface area contributed by atoms with Gasteiger partial charge in [-0.05, 0) is 18.9 Å². The Morgan fingerprint density at radius 2 is 2.00 bits per heavy atom. The van der Waals surface area contributed by atoms with Crippen LogP contribution in [0.25, 0.3) is 0 Å². The van der Waals surface area contributed by atoms with Gasteiger partial charge in [-0.25, -0.2) is 4.98 Å². The SMILES string of the molecule is N[C@H]1C[C@@H](Oc2ccc(C(F)(F)F)cn2)C1. The molecule has 6 heteroatoms. The lowest BCUT2D eigenvalue weighted by Crippen LogP contribution is -2.43. The summed E-state index contributed by atoms with van der Waals surface area (Å²) in [6, 6.07) is 2.33. The van der Waals surface area contributed by atoms with Crippen molar-refractivity contribution >= 4 is 0 Å². The van der Waals surface area contributed by atoms with E-state index in [0.29, 0.717) is 0 Å². The monoisotopic (exact) mass is 232 g/mol. The van der Waals surface area contributed by atoms with Gasteiger partial charge in [0.2, 0.25) is 5.88 Å². The highest BCUT2D eigenvalue weighted by atomic mass is 19.4. The first-order chi connectivity index (χ1) is 7.45. The maximum absolute atomic E-state index is 12.2. The molecule has 0 unspecified atom stereocenters. The number of aromatic nitrogens is 1. The Labute approximate surface area is 90.4 Å². The summed E-state index contributed by atoms with van der Waals surface area (Å²) in [5, 5.41) is 0. The van der Waals surface area contributed by atoms with Crippen LogP contribution < -0.4 is 10.5 Å². The molecule has 1 saturated carbocycles. The van der Waals surface area contributed by atoms with Gasteiger partial charge in [0.05, 0.1) is 5.56 Å². The molecular formula is C10H11F3N2O. The molecule has 0 radical (unpaired) electrons. The Bertz CT molecular complexity index is 357. The molecule has 1 fully saturated rings. The van der Waals surface area contributed by atoms with Crippen molar-refractivity contribution in [2.75, 3.05) is 0 Å². The van der Waals surface area contributed by atoms with Crippen LogP contribution in [0.3, 0.4) is 0 Å². The van der Waals surface area contributed by atoms with E-state index < -0.39 is 11.7 Å². The predicted molar refractivity (Wildman–Crippen MR) is 50.9 cm³/mol. The lowest BCUT2D eigenvalue weighted by molar-refractivity contribution is -0.137. The number of nitrogens with zero attached hydrogens (tertiary/aromatic N) is 1. The van der Waals surface area contributed by atoms with Crippen molar-refractivity contribution in [3.63, 3.8) is 0 Å². The van der Waals surface area contributed by atoms with Gasteiger partial charge in [-0.3, -0.25) is 0 Å². The van der Waals surface area contributed by atoms with Crippen molar-refractivity contribution in [1.29, 1.82) is 0 Å². The molecule has 0 aliphatic heterocycles. The number of nitrogens with two attached hydrogens (primary N) is 1. The normalized spacial score (nSPS) is 25.0. The molecule has 0 saturated heterocycles. The van der Waals surface area contributed by atoms with Gasteiger partial charge in [-0.15, -0.1) is 0 Å². The lowest BCUT2D eigenvalue weighted by atomic mass is 9.90. The van der Waals surface area contributed by atoms with E-state index in [0.717, 1.165) is 25.1 Å². The summed E-state index contributed by atoms with van der Waals surface area (Å²) < 4.78 is 42.0. The molecule has 1 heterocycles. The standard InChI is InChI=1S/C10H11F3N2O/c11-10(12,13)6-1-2-9(15-5-6)16-8-3-7(14)4-8/h1-2,5,7-8H,3-4,14H2/t7-,8+. The molecule has 0 atom stereocenters. The Morgan fingerprint density at radius 3 is 2.44 bits per heavy atom. The summed E-state index contributed by atoms with van der Waals surface area (Å²) in [5.74, 6) is 0.213. The molecule has 1 aliphatic carbocycles. The quantitative estimate of drug-likeness (QED) is 0.848. The van der Waals surface area contributed by atoms with Crippen molar-refractivity contribution in [3.8, 4) is 5.88 Å². The first-order valence-electron chi connectivity index (χ1n) is 4.90. The van der Waals surface area contributed by atoms with Crippen molar-refractivity contribution in [3.05, 3.63) is 23.9 Å². The molecule has 3 nitrogen and oxygen atoms in total. The summed E-state index contributed by atoms with van der Waals surface area (Å²) >= 11 is 0. The Morgan fingerprint density at radius 1 is 1.31 bits per heavy atom. The molecule has 0 spiro atoms. The lowest BCUT2D eigenvalue weighted by Gasteiger charge is -2.32. The van der Waals surface area contributed by atoms with Crippen molar-refractivity contribution in [2.24, 2.45) is 5.73 Å². The van der Waals surface area contributed by atoms with E-state index in [1.54, 1.807) is 0 Å². The van der Waals surface area contributed by atoms with Gasteiger partial charge in [0.25, 0.3) is 0 Å². The van der Waals surface area contributed by atoms with E-state index >= 15 is 0 Å². The molecule has 1 aliphatic rings. The second kappa shape index (κ2) is 3.93. The Hall–Kier alpha value is -1.30. The fraction of sp³-hybridized carbons (Fsp3) is 0.500. The van der Waals surface area contributed by atoms with Crippen LogP contribution in [0.1, 0.15) is 18.4 Å². The first-order valence-corrected chi connectivity index (χ1v) is 4.90. The second-order valence-electron chi connectivity index (χ2n) is 3.85. The first kappa shape index (κ1) is 11.2. The van der Waals surface area contributed by atoms with E-state index in [1.165, 1.54) is 6.07 Å². The van der Waals surface area contributed by atoms with Gasteiger partial charge in [0.15, 0.2) is 0 Å². The van der Waals surface area contributed by atoms with E-state index in [9.17, 15) is 13.2 Å². The Kier molecular flexibility index (Phi) is 2.75. The molecule has 0 aromatic carbocycles. The maximum Gasteiger partial charge on any atom is 0.417 e. The average molecular weight is 232 g/mol. The minimum Gasteiger partial charge on any atom is -0.474 e. The molecule has 1 aromatic heterocycles. The van der Waals surface area contributed by atoms with Gasteiger partial charge >= 0.3 is 6.18 Å². The number of hydrogen-bond acceptors (Lipinski definition) is 3. The highest BCUT2D eigenvalue weighted by Gasteiger charge is 2.31. The molecule has 2 N–H and O–H groups in total. The maximum atomic E-state index is 12.2. The van der Waals surface area contributed by atoms with Gasteiger partial charge in [0, 0.05) is 18.3 Å². The fourth-order valence-corrected chi connectivity index (χ4v) is 1.49. The molecule has 16 heavy (non-hydrogen) atoms. The number of hydrogen-bond donors (Lipinski definition) is 1. The molecule has 88 valence electrons. The van der Waals surface area contributed by atoms with Gasteiger partial charge in [0.1, 0.15) is 6.10 Å². The molecule has 2 rings (SSSR count). The summed E-state index contributed by atoms with van der Waals surface area (Å²) in [7, 11) is 0. The number of rotatable bonds is 2. The summed E-state index contributed by atoms with van der Waals surface area (Å²) in [5.41, 5.74) is 4.78. The van der Waals surface area contributed by atoms with Gasteiger partial charge in [-0.2, -0.15) is 13.2 Å². The number of alkyl halides is 3. The van der Waals surface area contributed by atoms with Crippen molar-refractivity contribution < 1.29 is 17.9 Å². The summed E-state index contributed by atoms with van der Waals surface area (Å²) in [6.07, 6.45) is -2.15. The van der Waals surface area contributed by atoms with Crippen LogP contribution in [0.15, 0.2) is 18.3 Å². The minimum absolute atomic E-state index is 0.0146. The number of pyridine rings is 1. The number of halogens is 3. The zero-order chi connectivity index (χ0) is 11.8. The van der Waals surface area contributed by atoms with E-state index in [2.05, 4.69) is 4.98 Å². The zero-order valence-corrected chi connectivity index (χ0v) is 8.37. The van der Waals surface area contributed by atoms with E-state index in [4.69, 9.17) is 10.5 Å². The summed E-state index contributed by atoms with van der Waals surface area (Å²) in [6.45, 7) is 0. The van der Waals surface area contributed by atoms with Crippen LogP contribution in [-0.4, -0.2) is 17.1 Å². The van der Waals surface area contributed by atoms with Crippen LogP contribution in [0, 0.1) is 0 Å². The van der Waals surface area contributed by atoms with Crippen LogP contribution in [-0.2, 0) is 6.18 Å². The molecule has 1 aromatic rings. The molecular weight excluding hydrogens is 221 g/mol. The zero-order valence-electron chi connectivity index (χ0n) is 8.37. The predicted octanol–water partition coefficient (Wildman–Crippen LogP) is 1.97. The Balaban J connectivity index is 1.97.